The van der Waals surface area contributed by atoms with Crippen molar-refractivity contribution < 1.29 is 0 Å². The molecule has 3 rings (SSSR count). The summed E-state index contributed by atoms with van der Waals surface area (Å²) in [6, 6.07) is 2.37. The molecule has 0 unspecified atom stereocenters. The van der Waals surface area contributed by atoms with E-state index in [0.29, 0.717) is 17.1 Å². The Labute approximate surface area is 111 Å². The highest BCUT2D eigenvalue weighted by molar-refractivity contribution is 6.30. The Morgan fingerprint density at radius 2 is 2.11 bits per heavy atom. The van der Waals surface area contributed by atoms with Crippen LogP contribution in [0.15, 0.2) is 18.5 Å². The molecule has 4 nitrogen and oxygen atoms in total. The Bertz CT molecular complexity index is 543. The lowest BCUT2D eigenvalue weighted by atomic mass is 9.86. The van der Waals surface area contributed by atoms with Gasteiger partial charge in [0.2, 0.25) is 0 Å². The van der Waals surface area contributed by atoms with Crippen molar-refractivity contribution in [3.63, 3.8) is 0 Å². The molecule has 0 aromatic carbocycles. The molecule has 2 aromatic rings. The first kappa shape index (κ1) is 11.9. The second kappa shape index (κ2) is 4.86. The van der Waals surface area contributed by atoms with Crippen LogP contribution in [0.4, 0.5) is 0 Å². The SMILES string of the molecule is NCC1CCC(n2cc3cc(Cl)ncc3n2)CC1. The first-order chi connectivity index (χ1) is 8.76. The predicted molar refractivity (Wildman–Crippen MR) is 72.6 cm³/mol. The Balaban J connectivity index is 1.82. The van der Waals surface area contributed by atoms with Crippen LogP contribution in [0, 0.1) is 5.92 Å². The highest BCUT2D eigenvalue weighted by Gasteiger charge is 2.22. The summed E-state index contributed by atoms with van der Waals surface area (Å²) in [7, 11) is 0. The summed E-state index contributed by atoms with van der Waals surface area (Å²) in [4.78, 5) is 4.06. The number of rotatable bonds is 2. The van der Waals surface area contributed by atoms with Crippen LogP contribution in [0.3, 0.4) is 0 Å². The third kappa shape index (κ3) is 2.22. The number of hydrogen-bond donors (Lipinski definition) is 1. The van der Waals surface area contributed by atoms with Gasteiger partial charge in [-0.2, -0.15) is 5.10 Å². The van der Waals surface area contributed by atoms with E-state index < -0.39 is 0 Å². The Hall–Kier alpha value is -1.13. The number of nitrogens with two attached hydrogens (primary N) is 1. The van der Waals surface area contributed by atoms with Gasteiger partial charge in [0.15, 0.2) is 0 Å². The van der Waals surface area contributed by atoms with E-state index in [-0.39, 0.29) is 0 Å². The van der Waals surface area contributed by atoms with Gasteiger partial charge < -0.3 is 5.73 Å². The summed E-state index contributed by atoms with van der Waals surface area (Å²) in [6.07, 6.45) is 8.55. The maximum absolute atomic E-state index is 5.89. The third-order valence-electron chi connectivity index (χ3n) is 3.90. The summed E-state index contributed by atoms with van der Waals surface area (Å²) >= 11 is 5.89. The zero-order chi connectivity index (χ0) is 12.5. The Morgan fingerprint density at radius 3 is 2.83 bits per heavy atom. The molecule has 5 heteroatoms. The van der Waals surface area contributed by atoms with Gasteiger partial charge in [0.1, 0.15) is 10.7 Å². The molecule has 0 bridgehead atoms. The molecule has 18 heavy (non-hydrogen) atoms. The van der Waals surface area contributed by atoms with Gasteiger partial charge in [-0.1, -0.05) is 11.6 Å². The zero-order valence-electron chi connectivity index (χ0n) is 10.2. The first-order valence-corrected chi connectivity index (χ1v) is 6.84. The quantitative estimate of drug-likeness (QED) is 0.849. The minimum Gasteiger partial charge on any atom is -0.330 e. The monoisotopic (exact) mass is 264 g/mol. The standard InChI is InChI=1S/C13H17ClN4/c14-13-5-10-8-18(17-12(10)7-16-13)11-3-1-9(6-15)2-4-11/h5,7-9,11H,1-4,6,15H2. The summed E-state index contributed by atoms with van der Waals surface area (Å²) in [5, 5.41) is 6.18. The van der Waals surface area contributed by atoms with Crippen LogP contribution >= 0.6 is 11.6 Å². The van der Waals surface area contributed by atoms with Crippen molar-refractivity contribution in [2.24, 2.45) is 11.7 Å². The molecule has 1 fully saturated rings. The van der Waals surface area contributed by atoms with E-state index in [1.54, 1.807) is 6.20 Å². The fourth-order valence-corrected chi connectivity index (χ4v) is 2.92. The van der Waals surface area contributed by atoms with Crippen LogP contribution in [-0.2, 0) is 0 Å². The Kier molecular flexibility index (Phi) is 3.22. The molecule has 2 heterocycles. The molecule has 1 aliphatic carbocycles. The number of halogens is 1. The smallest absolute Gasteiger partial charge is 0.129 e. The molecular formula is C13H17ClN4. The van der Waals surface area contributed by atoms with E-state index in [2.05, 4.69) is 21.0 Å². The highest BCUT2D eigenvalue weighted by atomic mass is 35.5. The number of aromatic nitrogens is 3. The second-order valence-electron chi connectivity index (χ2n) is 5.09. The van der Waals surface area contributed by atoms with Crippen LogP contribution in [0.5, 0.6) is 0 Å². The largest absolute Gasteiger partial charge is 0.330 e. The summed E-state index contributed by atoms with van der Waals surface area (Å²) in [6.45, 7) is 0.813. The molecule has 96 valence electrons. The van der Waals surface area contributed by atoms with Crippen molar-refractivity contribution in [1.29, 1.82) is 0 Å². The van der Waals surface area contributed by atoms with Gasteiger partial charge in [0, 0.05) is 11.6 Å². The third-order valence-corrected chi connectivity index (χ3v) is 4.11. The lowest BCUT2D eigenvalue weighted by Crippen LogP contribution is -2.23. The van der Waals surface area contributed by atoms with Crippen LogP contribution < -0.4 is 5.73 Å². The van der Waals surface area contributed by atoms with Gasteiger partial charge >= 0.3 is 0 Å². The number of pyridine rings is 1. The molecule has 0 spiro atoms. The van der Waals surface area contributed by atoms with Crippen molar-refractivity contribution in [2.75, 3.05) is 6.54 Å². The molecule has 1 aliphatic rings. The van der Waals surface area contributed by atoms with E-state index in [1.165, 1.54) is 12.8 Å². The molecule has 0 saturated heterocycles. The molecule has 0 aliphatic heterocycles. The van der Waals surface area contributed by atoms with Crippen molar-refractivity contribution in [3.05, 3.63) is 23.6 Å². The number of fused-ring (bicyclic) bond motifs is 1. The molecule has 2 aromatic heterocycles. The molecule has 0 amide bonds. The number of hydrogen-bond acceptors (Lipinski definition) is 3. The summed E-state index contributed by atoms with van der Waals surface area (Å²) < 4.78 is 2.08. The van der Waals surface area contributed by atoms with E-state index in [1.807, 2.05) is 6.07 Å². The fraction of sp³-hybridized carbons (Fsp3) is 0.538. The number of nitrogens with zero attached hydrogens (tertiary/aromatic N) is 3. The van der Waals surface area contributed by atoms with Crippen LogP contribution in [0.1, 0.15) is 31.7 Å². The zero-order valence-corrected chi connectivity index (χ0v) is 11.0. The van der Waals surface area contributed by atoms with Crippen molar-refractivity contribution in [1.82, 2.24) is 14.8 Å². The summed E-state index contributed by atoms with van der Waals surface area (Å²) in [5.41, 5.74) is 6.64. The van der Waals surface area contributed by atoms with Gasteiger partial charge in [0.25, 0.3) is 0 Å². The minimum absolute atomic E-state index is 0.499. The van der Waals surface area contributed by atoms with Crippen LogP contribution in [-0.4, -0.2) is 21.3 Å². The van der Waals surface area contributed by atoms with E-state index in [4.69, 9.17) is 17.3 Å². The minimum atomic E-state index is 0.499. The van der Waals surface area contributed by atoms with Gasteiger partial charge in [-0.25, -0.2) is 4.98 Å². The van der Waals surface area contributed by atoms with Gasteiger partial charge in [-0.15, -0.1) is 0 Å². The van der Waals surface area contributed by atoms with Crippen LogP contribution in [0.2, 0.25) is 5.15 Å². The Morgan fingerprint density at radius 1 is 1.33 bits per heavy atom. The van der Waals surface area contributed by atoms with Crippen molar-refractivity contribution in [3.8, 4) is 0 Å². The van der Waals surface area contributed by atoms with Crippen molar-refractivity contribution in [2.45, 2.75) is 31.7 Å². The lowest BCUT2D eigenvalue weighted by Gasteiger charge is -2.27. The highest BCUT2D eigenvalue weighted by Crippen LogP contribution is 2.32. The predicted octanol–water partition coefficient (Wildman–Crippen LogP) is 2.77. The maximum Gasteiger partial charge on any atom is 0.129 e. The van der Waals surface area contributed by atoms with Gasteiger partial charge in [-0.05, 0) is 44.2 Å². The average molecular weight is 265 g/mol. The van der Waals surface area contributed by atoms with E-state index >= 15 is 0 Å². The van der Waals surface area contributed by atoms with E-state index in [9.17, 15) is 0 Å². The normalized spacial score (nSPS) is 24.6. The molecular weight excluding hydrogens is 248 g/mol. The topological polar surface area (TPSA) is 56.7 Å². The average Bonchev–Trinajstić information content (AvgIpc) is 2.81. The maximum atomic E-state index is 5.89. The fourth-order valence-electron chi connectivity index (χ4n) is 2.75. The lowest BCUT2D eigenvalue weighted by molar-refractivity contribution is 0.266. The molecule has 0 radical (unpaired) electrons. The molecule has 1 saturated carbocycles. The molecule has 0 atom stereocenters. The summed E-state index contributed by atoms with van der Waals surface area (Å²) in [5.74, 6) is 0.697. The molecule has 2 N–H and O–H groups in total. The first-order valence-electron chi connectivity index (χ1n) is 6.46. The van der Waals surface area contributed by atoms with Crippen molar-refractivity contribution >= 4 is 22.5 Å². The van der Waals surface area contributed by atoms with E-state index in [0.717, 1.165) is 30.3 Å². The second-order valence-corrected chi connectivity index (χ2v) is 5.47. The van der Waals surface area contributed by atoms with Gasteiger partial charge in [0.05, 0.1) is 12.2 Å². The van der Waals surface area contributed by atoms with Gasteiger partial charge in [-0.3, -0.25) is 4.68 Å². The van der Waals surface area contributed by atoms with Crippen LogP contribution in [0.25, 0.3) is 10.9 Å².